The van der Waals surface area contributed by atoms with E-state index in [1.54, 1.807) is 34.9 Å². The predicted octanol–water partition coefficient (Wildman–Crippen LogP) is 2.68. The first-order chi connectivity index (χ1) is 12.0. The van der Waals surface area contributed by atoms with Gasteiger partial charge in [-0.25, -0.2) is 4.79 Å². The molecule has 0 spiro atoms. The Kier molecular flexibility index (Phi) is 5.63. The summed E-state index contributed by atoms with van der Waals surface area (Å²) in [7, 11) is 0. The molecule has 2 aliphatic rings. The van der Waals surface area contributed by atoms with Crippen LogP contribution >= 0.6 is 11.8 Å². The minimum atomic E-state index is -0.552. The molecule has 0 aromatic heterocycles. The molecule has 134 valence electrons. The maximum atomic E-state index is 12.3. The summed E-state index contributed by atoms with van der Waals surface area (Å²) in [6.45, 7) is 2.49. The van der Waals surface area contributed by atoms with Crippen LogP contribution in [0.4, 0.5) is 5.69 Å². The number of benzene rings is 1. The minimum absolute atomic E-state index is 0.0639. The molecule has 25 heavy (non-hydrogen) atoms. The lowest BCUT2D eigenvalue weighted by atomic mass is 10.0. The summed E-state index contributed by atoms with van der Waals surface area (Å²) >= 11 is 1.57. The van der Waals surface area contributed by atoms with Crippen LogP contribution in [0.3, 0.4) is 0 Å². The third-order valence-corrected chi connectivity index (χ3v) is 5.60. The smallest absolute Gasteiger partial charge is 0.338 e. The van der Waals surface area contributed by atoms with E-state index < -0.39 is 5.97 Å². The van der Waals surface area contributed by atoms with Crippen LogP contribution < -0.4 is 5.32 Å². The lowest BCUT2D eigenvalue weighted by Gasteiger charge is -2.33. The van der Waals surface area contributed by atoms with Gasteiger partial charge in [0.05, 0.1) is 11.3 Å². The summed E-state index contributed by atoms with van der Waals surface area (Å²) in [5.74, 6) is -0.0555. The van der Waals surface area contributed by atoms with Crippen molar-refractivity contribution in [2.24, 2.45) is 0 Å². The van der Waals surface area contributed by atoms with Crippen LogP contribution in [0.25, 0.3) is 0 Å². The molecule has 3 rings (SSSR count). The lowest BCUT2D eigenvalue weighted by Crippen LogP contribution is -2.44. The van der Waals surface area contributed by atoms with E-state index in [0.717, 1.165) is 30.7 Å². The summed E-state index contributed by atoms with van der Waals surface area (Å²) in [5.41, 5.74) is 0.957. The zero-order valence-electron chi connectivity index (χ0n) is 14.2. The van der Waals surface area contributed by atoms with Crippen molar-refractivity contribution in [2.75, 3.05) is 24.2 Å². The van der Waals surface area contributed by atoms with E-state index in [4.69, 9.17) is 4.74 Å². The molecule has 1 fully saturated rings. The maximum absolute atomic E-state index is 12.3. The van der Waals surface area contributed by atoms with Crippen LogP contribution in [-0.2, 0) is 14.3 Å². The average Bonchev–Trinajstić information content (AvgIpc) is 2.79. The van der Waals surface area contributed by atoms with E-state index in [1.807, 2.05) is 6.92 Å². The molecule has 0 unspecified atom stereocenters. The van der Waals surface area contributed by atoms with Gasteiger partial charge in [-0.2, -0.15) is 0 Å². The molecule has 0 bridgehead atoms. The topological polar surface area (TPSA) is 75.7 Å². The Morgan fingerprint density at radius 3 is 3.00 bits per heavy atom. The van der Waals surface area contributed by atoms with Crippen LogP contribution in [0.5, 0.6) is 0 Å². The number of rotatable bonds is 3. The highest BCUT2D eigenvalue weighted by Gasteiger charge is 2.24. The number of likely N-dealkylation sites (tertiary alicyclic amines) is 1. The Bertz CT molecular complexity index is 692. The Morgan fingerprint density at radius 1 is 1.36 bits per heavy atom. The molecule has 2 aliphatic heterocycles. The number of fused-ring (bicyclic) bond motifs is 1. The summed E-state index contributed by atoms with van der Waals surface area (Å²) in [6, 6.07) is 5.28. The molecule has 1 saturated heterocycles. The van der Waals surface area contributed by atoms with Gasteiger partial charge in [0.2, 0.25) is 5.91 Å². The lowest BCUT2D eigenvalue weighted by molar-refractivity contribution is -0.137. The van der Waals surface area contributed by atoms with Crippen molar-refractivity contribution < 1.29 is 19.1 Å². The summed E-state index contributed by atoms with van der Waals surface area (Å²) < 4.78 is 5.19. The van der Waals surface area contributed by atoms with E-state index in [0.29, 0.717) is 23.4 Å². The van der Waals surface area contributed by atoms with E-state index in [9.17, 15) is 14.4 Å². The highest BCUT2D eigenvalue weighted by molar-refractivity contribution is 7.99. The summed E-state index contributed by atoms with van der Waals surface area (Å²) in [5, 5.41) is 2.80. The van der Waals surface area contributed by atoms with Crippen molar-refractivity contribution in [3.63, 3.8) is 0 Å². The Labute approximate surface area is 151 Å². The second kappa shape index (κ2) is 7.91. The fourth-order valence-corrected chi connectivity index (χ4v) is 4.05. The van der Waals surface area contributed by atoms with Crippen molar-refractivity contribution >= 4 is 35.2 Å². The number of carbonyl (C=O) groups excluding carboxylic acids is 3. The number of carbonyl (C=O) groups is 3. The second-order valence-electron chi connectivity index (χ2n) is 6.37. The number of nitrogens with zero attached hydrogens (tertiary/aromatic N) is 1. The van der Waals surface area contributed by atoms with Crippen molar-refractivity contribution in [1.29, 1.82) is 0 Å². The molecule has 1 N–H and O–H groups in total. The number of hydrogen-bond donors (Lipinski definition) is 1. The van der Waals surface area contributed by atoms with E-state index in [2.05, 4.69) is 5.32 Å². The number of ether oxygens (including phenoxy) is 1. The number of nitrogens with one attached hydrogen (secondary N) is 1. The molecular formula is C18H22N2O4S. The first kappa shape index (κ1) is 17.8. The van der Waals surface area contributed by atoms with Gasteiger partial charge in [-0.1, -0.05) is 0 Å². The molecule has 6 nitrogen and oxygen atoms in total. The van der Waals surface area contributed by atoms with Crippen LogP contribution in [0, 0.1) is 0 Å². The fraction of sp³-hybridized carbons (Fsp3) is 0.500. The first-order valence-corrected chi connectivity index (χ1v) is 9.56. The Hall–Kier alpha value is -2.02. The number of piperidine rings is 1. The van der Waals surface area contributed by atoms with Gasteiger partial charge in [0, 0.05) is 29.7 Å². The number of thioether (sulfide) groups is 1. The van der Waals surface area contributed by atoms with Gasteiger partial charge in [-0.3, -0.25) is 9.59 Å². The molecule has 1 atom stereocenters. The standard InChI is InChI=1S/C18H22N2O4S/c1-12-4-2-3-8-20(12)17(22)11-24-18(23)13-5-6-15-14(10-13)19-16(21)7-9-25-15/h5-6,10,12H,2-4,7-9,11H2,1H3,(H,19,21)/t12-/m1/s1. The fourth-order valence-electron chi connectivity index (χ4n) is 3.11. The van der Waals surface area contributed by atoms with Crippen LogP contribution in [0.15, 0.2) is 23.1 Å². The third-order valence-electron chi connectivity index (χ3n) is 4.53. The van der Waals surface area contributed by atoms with Gasteiger partial charge in [-0.05, 0) is 44.4 Å². The van der Waals surface area contributed by atoms with Crippen LogP contribution in [-0.4, -0.2) is 47.6 Å². The van der Waals surface area contributed by atoms with Gasteiger partial charge < -0.3 is 15.0 Å². The SMILES string of the molecule is C[C@@H]1CCCCN1C(=O)COC(=O)c1ccc2c(c1)NC(=O)CCS2. The van der Waals surface area contributed by atoms with E-state index in [1.165, 1.54) is 0 Å². The first-order valence-electron chi connectivity index (χ1n) is 8.58. The Morgan fingerprint density at radius 2 is 2.20 bits per heavy atom. The second-order valence-corrected chi connectivity index (χ2v) is 7.50. The molecule has 2 heterocycles. The maximum Gasteiger partial charge on any atom is 0.338 e. The molecule has 7 heteroatoms. The van der Waals surface area contributed by atoms with Gasteiger partial charge in [0.25, 0.3) is 5.91 Å². The molecule has 1 aromatic carbocycles. The van der Waals surface area contributed by atoms with E-state index in [-0.39, 0.29) is 24.5 Å². The number of amides is 2. The monoisotopic (exact) mass is 362 g/mol. The molecule has 0 radical (unpaired) electrons. The van der Waals surface area contributed by atoms with Crippen LogP contribution in [0.2, 0.25) is 0 Å². The number of anilines is 1. The molecule has 0 aliphatic carbocycles. The third kappa shape index (κ3) is 4.34. The number of hydrogen-bond acceptors (Lipinski definition) is 5. The van der Waals surface area contributed by atoms with E-state index >= 15 is 0 Å². The zero-order valence-corrected chi connectivity index (χ0v) is 15.1. The molecule has 1 aromatic rings. The van der Waals surface area contributed by atoms with Gasteiger partial charge in [-0.15, -0.1) is 11.8 Å². The molecule has 2 amide bonds. The average molecular weight is 362 g/mol. The summed E-state index contributed by atoms with van der Waals surface area (Å²) in [6.07, 6.45) is 3.55. The minimum Gasteiger partial charge on any atom is -0.452 e. The largest absolute Gasteiger partial charge is 0.452 e. The van der Waals surface area contributed by atoms with Gasteiger partial charge in [0.15, 0.2) is 6.61 Å². The molecular weight excluding hydrogens is 340 g/mol. The van der Waals surface area contributed by atoms with Crippen LogP contribution in [0.1, 0.15) is 43.0 Å². The van der Waals surface area contributed by atoms with Crippen molar-refractivity contribution in [3.05, 3.63) is 23.8 Å². The summed E-state index contributed by atoms with van der Waals surface area (Å²) in [4.78, 5) is 38.9. The normalized spacial score (nSPS) is 20.3. The van der Waals surface area contributed by atoms with Crippen molar-refractivity contribution in [2.45, 2.75) is 43.5 Å². The predicted molar refractivity (Wildman–Crippen MR) is 95.7 cm³/mol. The molecule has 0 saturated carbocycles. The Balaban J connectivity index is 1.61. The van der Waals surface area contributed by atoms with Crippen molar-refractivity contribution in [1.82, 2.24) is 4.90 Å². The van der Waals surface area contributed by atoms with Gasteiger partial charge in [0.1, 0.15) is 0 Å². The van der Waals surface area contributed by atoms with Gasteiger partial charge >= 0.3 is 5.97 Å². The zero-order chi connectivity index (χ0) is 17.8. The highest BCUT2D eigenvalue weighted by atomic mass is 32.2. The quantitative estimate of drug-likeness (QED) is 0.837. The number of esters is 1. The highest BCUT2D eigenvalue weighted by Crippen LogP contribution is 2.31. The van der Waals surface area contributed by atoms with Crippen molar-refractivity contribution in [3.8, 4) is 0 Å².